The Morgan fingerprint density at radius 1 is 1.20 bits per heavy atom. The molecule has 1 amide bonds. The van der Waals surface area contributed by atoms with Gasteiger partial charge in [-0.2, -0.15) is 0 Å². The van der Waals surface area contributed by atoms with E-state index in [2.05, 4.69) is 12.2 Å². The predicted octanol–water partition coefficient (Wildman–Crippen LogP) is 2.50. The molecule has 3 heteroatoms. The van der Waals surface area contributed by atoms with E-state index in [1.165, 1.54) is 19.3 Å². The molecule has 1 N–H and O–H groups in total. The van der Waals surface area contributed by atoms with Gasteiger partial charge in [-0.1, -0.05) is 26.2 Å². The Bertz CT molecular complexity index is 173. The van der Waals surface area contributed by atoms with Gasteiger partial charge in [0.1, 0.15) is 6.61 Å². The number of hydrogen-bond donors (Lipinski definition) is 1. The lowest BCUT2D eigenvalue weighted by Gasteiger charge is -2.18. The summed E-state index contributed by atoms with van der Waals surface area (Å²) < 4.78 is 5.36. The van der Waals surface area contributed by atoms with Crippen molar-refractivity contribution in [1.82, 2.24) is 5.32 Å². The van der Waals surface area contributed by atoms with Crippen LogP contribution < -0.4 is 5.32 Å². The second-order valence-corrected chi connectivity index (χ2v) is 4.81. The van der Waals surface area contributed by atoms with Crippen molar-refractivity contribution in [3.05, 3.63) is 0 Å². The molecule has 90 valence electrons. The van der Waals surface area contributed by atoms with Crippen LogP contribution in [-0.2, 0) is 9.53 Å². The molecule has 0 rings (SSSR count). The Morgan fingerprint density at radius 3 is 2.40 bits per heavy atom. The minimum absolute atomic E-state index is 0.0126. The predicted molar refractivity (Wildman–Crippen MR) is 62.9 cm³/mol. The summed E-state index contributed by atoms with van der Waals surface area (Å²) in [5.41, 5.74) is -0.237. The highest BCUT2D eigenvalue weighted by atomic mass is 16.5. The molecule has 0 aliphatic carbocycles. The molecule has 0 aromatic rings. The van der Waals surface area contributed by atoms with Crippen molar-refractivity contribution in [2.24, 2.45) is 0 Å². The average Bonchev–Trinajstić information content (AvgIpc) is 2.13. The molecule has 0 atom stereocenters. The summed E-state index contributed by atoms with van der Waals surface area (Å²) in [6.07, 6.45) is 4.72. The fourth-order valence-corrected chi connectivity index (χ4v) is 1.11. The first-order valence-electron chi connectivity index (χ1n) is 5.86. The van der Waals surface area contributed by atoms with Crippen LogP contribution in [0.5, 0.6) is 0 Å². The van der Waals surface area contributed by atoms with Crippen molar-refractivity contribution in [2.75, 3.05) is 13.2 Å². The Morgan fingerprint density at radius 2 is 1.87 bits per heavy atom. The molecule has 0 aliphatic heterocycles. The average molecular weight is 215 g/mol. The van der Waals surface area contributed by atoms with Gasteiger partial charge >= 0.3 is 0 Å². The molecule has 0 aliphatic rings. The van der Waals surface area contributed by atoms with E-state index in [-0.39, 0.29) is 18.1 Å². The van der Waals surface area contributed by atoms with Crippen LogP contribution >= 0.6 is 0 Å². The van der Waals surface area contributed by atoms with Crippen LogP contribution in [0.2, 0.25) is 0 Å². The van der Waals surface area contributed by atoms with Crippen molar-refractivity contribution in [3.8, 4) is 0 Å². The van der Waals surface area contributed by atoms with Gasteiger partial charge in [0, 0.05) is 6.54 Å². The summed E-state index contributed by atoms with van der Waals surface area (Å²) >= 11 is 0. The summed E-state index contributed by atoms with van der Waals surface area (Å²) in [5.74, 6) is -0.0126. The summed E-state index contributed by atoms with van der Waals surface area (Å²) in [4.78, 5) is 11.3. The molecular weight excluding hydrogens is 190 g/mol. The van der Waals surface area contributed by atoms with Gasteiger partial charge in [-0.05, 0) is 27.2 Å². The van der Waals surface area contributed by atoms with Gasteiger partial charge in [0.2, 0.25) is 5.91 Å². The Labute approximate surface area is 93.6 Å². The summed E-state index contributed by atoms with van der Waals surface area (Å²) in [7, 11) is 0. The molecule has 15 heavy (non-hydrogen) atoms. The standard InChI is InChI=1S/C12H25NO2/c1-5-6-7-8-9-13-11(14)10-15-12(2,3)4/h5-10H2,1-4H3,(H,13,14). The molecule has 0 saturated carbocycles. The van der Waals surface area contributed by atoms with Crippen LogP contribution in [0.15, 0.2) is 0 Å². The molecule has 0 aromatic heterocycles. The number of unbranched alkanes of at least 4 members (excludes halogenated alkanes) is 3. The van der Waals surface area contributed by atoms with E-state index in [4.69, 9.17) is 4.74 Å². The van der Waals surface area contributed by atoms with Gasteiger partial charge in [0.25, 0.3) is 0 Å². The SMILES string of the molecule is CCCCCCNC(=O)COC(C)(C)C. The number of nitrogens with one attached hydrogen (secondary N) is 1. The highest BCUT2D eigenvalue weighted by molar-refractivity contribution is 5.77. The van der Waals surface area contributed by atoms with E-state index in [1.54, 1.807) is 0 Å². The van der Waals surface area contributed by atoms with E-state index in [0.717, 1.165) is 13.0 Å². The third kappa shape index (κ3) is 11.4. The van der Waals surface area contributed by atoms with Crippen LogP contribution in [0.4, 0.5) is 0 Å². The topological polar surface area (TPSA) is 38.3 Å². The third-order valence-corrected chi connectivity index (χ3v) is 1.99. The van der Waals surface area contributed by atoms with Gasteiger partial charge < -0.3 is 10.1 Å². The summed E-state index contributed by atoms with van der Waals surface area (Å²) in [6, 6.07) is 0. The largest absolute Gasteiger partial charge is 0.366 e. The number of ether oxygens (including phenoxy) is 1. The lowest BCUT2D eigenvalue weighted by atomic mass is 10.2. The van der Waals surface area contributed by atoms with Crippen LogP contribution in [0, 0.1) is 0 Å². The second-order valence-electron chi connectivity index (χ2n) is 4.81. The van der Waals surface area contributed by atoms with Gasteiger partial charge in [0.05, 0.1) is 5.60 Å². The first-order chi connectivity index (χ1) is 6.95. The molecular formula is C12H25NO2. The van der Waals surface area contributed by atoms with Gasteiger partial charge in [-0.25, -0.2) is 0 Å². The molecule has 0 heterocycles. The first-order valence-corrected chi connectivity index (χ1v) is 5.86. The highest BCUT2D eigenvalue weighted by Gasteiger charge is 2.12. The zero-order valence-corrected chi connectivity index (χ0v) is 10.6. The molecule has 0 fully saturated rings. The molecule has 0 radical (unpaired) electrons. The van der Waals surface area contributed by atoms with Crippen molar-refractivity contribution in [3.63, 3.8) is 0 Å². The normalized spacial score (nSPS) is 11.5. The number of rotatable bonds is 7. The lowest BCUT2D eigenvalue weighted by molar-refractivity contribution is -0.130. The Hall–Kier alpha value is -0.570. The Balaban J connectivity index is 3.34. The van der Waals surface area contributed by atoms with E-state index < -0.39 is 0 Å². The molecule has 0 saturated heterocycles. The van der Waals surface area contributed by atoms with Crippen LogP contribution in [0.1, 0.15) is 53.4 Å². The van der Waals surface area contributed by atoms with Gasteiger partial charge in [-0.3, -0.25) is 4.79 Å². The minimum atomic E-state index is -0.237. The number of hydrogen-bond acceptors (Lipinski definition) is 2. The maximum atomic E-state index is 11.3. The van der Waals surface area contributed by atoms with Crippen molar-refractivity contribution >= 4 is 5.91 Å². The van der Waals surface area contributed by atoms with E-state index in [0.29, 0.717) is 0 Å². The van der Waals surface area contributed by atoms with Crippen LogP contribution in [0.25, 0.3) is 0 Å². The zero-order valence-electron chi connectivity index (χ0n) is 10.6. The minimum Gasteiger partial charge on any atom is -0.366 e. The lowest BCUT2D eigenvalue weighted by Crippen LogP contribution is -2.32. The van der Waals surface area contributed by atoms with E-state index in [9.17, 15) is 4.79 Å². The molecule has 0 aromatic carbocycles. The second kappa shape index (κ2) is 7.69. The third-order valence-electron chi connectivity index (χ3n) is 1.99. The number of amides is 1. The smallest absolute Gasteiger partial charge is 0.246 e. The van der Waals surface area contributed by atoms with Crippen molar-refractivity contribution in [2.45, 2.75) is 59.0 Å². The number of carbonyl (C=O) groups is 1. The zero-order chi connectivity index (χ0) is 11.7. The maximum absolute atomic E-state index is 11.3. The summed E-state index contributed by atoms with van der Waals surface area (Å²) in [5, 5.41) is 2.85. The fraction of sp³-hybridized carbons (Fsp3) is 0.917. The van der Waals surface area contributed by atoms with Crippen molar-refractivity contribution in [1.29, 1.82) is 0 Å². The molecule has 3 nitrogen and oxygen atoms in total. The van der Waals surface area contributed by atoms with E-state index >= 15 is 0 Å². The molecule has 0 unspecified atom stereocenters. The fourth-order valence-electron chi connectivity index (χ4n) is 1.11. The highest BCUT2D eigenvalue weighted by Crippen LogP contribution is 2.05. The van der Waals surface area contributed by atoms with Crippen LogP contribution in [-0.4, -0.2) is 24.7 Å². The number of carbonyl (C=O) groups excluding carboxylic acids is 1. The quantitative estimate of drug-likeness (QED) is 0.663. The molecule has 0 spiro atoms. The maximum Gasteiger partial charge on any atom is 0.246 e. The first kappa shape index (κ1) is 14.4. The van der Waals surface area contributed by atoms with Crippen molar-refractivity contribution < 1.29 is 9.53 Å². The van der Waals surface area contributed by atoms with Gasteiger partial charge in [0.15, 0.2) is 0 Å². The monoisotopic (exact) mass is 215 g/mol. The molecule has 0 bridgehead atoms. The van der Waals surface area contributed by atoms with Crippen LogP contribution in [0.3, 0.4) is 0 Å². The summed E-state index contributed by atoms with van der Waals surface area (Å²) in [6.45, 7) is 8.95. The Kier molecular flexibility index (Phi) is 7.39. The van der Waals surface area contributed by atoms with Gasteiger partial charge in [-0.15, -0.1) is 0 Å². The van der Waals surface area contributed by atoms with E-state index in [1.807, 2.05) is 20.8 Å².